The fourth-order valence-electron chi connectivity index (χ4n) is 0.945. The number of benzene rings is 1. The lowest BCUT2D eigenvalue weighted by molar-refractivity contribution is 0.177. The van der Waals surface area contributed by atoms with Gasteiger partial charge in [0.15, 0.2) is 5.11 Å². The van der Waals surface area contributed by atoms with Gasteiger partial charge in [0, 0.05) is 5.02 Å². The van der Waals surface area contributed by atoms with Crippen LogP contribution in [-0.2, 0) is 4.74 Å². The second-order valence-corrected chi connectivity index (χ2v) is 3.65. The van der Waals surface area contributed by atoms with Gasteiger partial charge >= 0.3 is 6.09 Å². The van der Waals surface area contributed by atoms with Crippen molar-refractivity contribution < 1.29 is 9.53 Å². The van der Waals surface area contributed by atoms with Crippen LogP contribution in [0.4, 0.5) is 16.2 Å². The van der Waals surface area contributed by atoms with E-state index in [-0.39, 0.29) is 5.11 Å². The number of nitrogen functional groups attached to an aromatic ring is 1. The molecule has 0 aliphatic heterocycles. The topological polar surface area (TPSA) is 76.4 Å². The van der Waals surface area contributed by atoms with Gasteiger partial charge < -0.3 is 15.8 Å². The molecular weight excluding hydrogens is 250 g/mol. The first kappa shape index (κ1) is 12.5. The van der Waals surface area contributed by atoms with Gasteiger partial charge in [-0.2, -0.15) is 0 Å². The molecule has 0 spiro atoms. The summed E-state index contributed by atoms with van der Waals surface area (Å²) < 4.78 is 4.38. The maximum atomic E-state index is 10.8. The van der Waals surface area contributed by atoms with Gasteiger partial charge in [0.05, 0.1) is 18.5 Å². The number of rotatable bonds is 1. The normalized spacial score (nSPS) is 9.38. The number of hydrogen-bond acceptors (Lipinski definition) is 4. The highest BCUT2D eigenvalue weighted by Gasteiger charge is 2.05. The fraction of sp³-hybridized carbons (Fsp3) is 0.111. The number of nitrogens with two attached hydrogens (primary N) is 1. The minimum absolute atomic E-state index is 0.0980. The Bertz CT molecular complexity index is 425. The molecule has 1 rings (SSSR count). The van der Waals surface area contributed by atoms with Gasteiger partial charge in [0.2, 0.25) is 0 Å². The molecule has 86 valence electrons. The second-order valence-electron chi connectivity index (χ2n) is 2.80. The lowest BCUT2D eigenvalue weighted by atomic mass is 10.3. The predicted octanol–water partition coefficient (Wildman–Crippen LogP) is 1.97. The molecule has 0 heterocycles. The Labute approximate surface area is 103 Å². The van der Waals surface area contributed by atoms with Crippen molar-refractivity contribution in [3.63, 3.8) is 0 Å². The zero-order valence-corrected chi connectivity index (χ0v) is 9.98. The molecule has 7 heteroatoms. The molecule has 0 aromatic heterocycles. The molecule has 0 aliphatic carbocycles. The molecule has 0 aliphatic rings. The molecule has 4 N–H and O–H groups in total. The zero-order valence-electron chi connectivity index (χ0n) is 8.41. The summed E-state index contributed by atoms with van der Waals surface area (Å²) in [6, 6.07) is 4.88. The third kappa shape index (κ3) is 3.56. The number of amides is 1. The maximum absolute atomic E-state index is 10.8. The highest BCUT2D eigenvalue weighted by molar-refractivity contribution is 7.80. The van der Waals surface area contributed by atoms with Crippen LogP contribution in [0.5, 0.6) is 0 Å². The summed E-state index contributed by atoms with van der Waals surface area (Å²) in [5.41, 5.74) is 6.68. The summed E-state index contributed by atoms with van der Waals surface area (Å²) in [6.45, 7) is 0. The van der Waals surface area contributed by atoms with Crippen molar-refractivity contribution in [1.29, 1.82) is 0 Å². The molecule has 0 atom stereocenters. The first-order valence-corrected chi connectivity index (χ1v) is 5.02. The largest absolute Gasteiger partial charge is 0.453 e. The average molecular weight is 260 g/mol. The number of hydrogen-bond donors (Lipinski definition) is 3. The number of methoxy groups -OCH3 is 1. The average Bonchev–Trinajstić information content (AvgIpc) is 2.22. The van der Waals surface area contributed by atoms with Crippen molar-refractivity contribution in [2.24, 2.45) is 0 Å². The Kier molecular flexibility index (Phi) is 4.33. The number of carbonyl (C=O) groups is 1. The van der Waals surface area contributed by atoms with Crippen molar-refractivity contribution in [3.05, 3.63) is 23.2 Å². The fourth-order valence-corrected chi connectivity index (χ4v) is 1.32. The number of alkyl carbamates (subject to hydrolysis) is 1. The Hall–Kier alpha value is -1.53. The molecule has 0 bridgehead atoms. The monoisotopic (exact) mass is 259 g/mol. The van der Waals surface area contributed by atoms with Crippen LogP contribution >= 0.6 is 23.8 Å². The lowest BCUT2D eigenvalue weighted by Crippen LogP contribution is -2.34. The lowest BCUT2D eigenvalue weighted by Gasteiger charge is -2.10. The van der Waals surface area contributed by atoms with Crippen LogP contribution in [0.25, 0.3) is 0 Å². The molecule has 1 aromatic carbocycles. The van der Waals surface area contributed by atoms with Crippen molar-refractivity contribution in [3.8, 4) is 0 Å². The maximum Gasteiger partial charge on any atom is 0.413 e. The quantitative estimate of drug-likeness (QED) is 0.531. The van der Waals surface area contributed by atoms with Gasteiger partial charge in [-0.25, -0.2) is 4.79 Å². The molecule has 1 amide bonds. The van der Waals surface area contributed by atoms with Gasteiger partial charge in [-0.3, -0.25) is 5.32 Å². The Balaban J connectivity index is 2.66. The number of halogens is 1. The molecule has 0 fully saturated rings. The van der Waals surface area contributed by atoms with Crippen LogP contribution in [-0.4, -0.2) is 18.3 Å². The SMILES string of the molecule is COC(=O)NC(=S)Nc1ccc(Cl)cc1N. The summed E-state index contributed by atoms with van der Waals surface area (Å²) in [7, 11) is 1.24. The summed E-state index contributed by atoms with van der Waals surface area (Å²) >= 11 is 10.6. The van der Waals surface area contributed by atoms with Gasteiger partial charge in [-0.05, 0) is 30.4 Å². The van der Waals surface area contributed by atoms with Gasteiger partial charge in [0.25, 0.3) is 0 Å². The number of nitrogens with one attached hydrogen (secondary N) is 2. The van der Waals surface area contributed by atoms with Crippen LogP contribution in [0.15, 0.2) is 18.2 Å². The molecule has 0 saturated heterocycles. The van der Waals surface area contributed by atoms with Crippen molar-refractivity contribution in [2.45, 2.75) is 0 Å². The van der Waals surface area contributed by atoms with Crippen LogP contribution in [0.1, 0.15) is 0 Å². The first-order valence-electron chi connectivity index (χ1n) is 4.24. The molecular formula is C9H10ClN3O2S. The second kappa shape index (κ2) is 5.53. The van der Waals surface area contributed by atoms with Crippen molar-refractivity contribution in [1.82, 2.24) is 5.32 Å². The first-order chi connectivity index (χ1) is 7.52. The van der Waals surface area contributed by atoms with Gasteiger partial charge in [0.1, 0.15) is 0 Å². The number of ether oxygens (including phenoxy) is 1. The van der Waals surface area contributed by atoms with Crippen LogP contribution in [0.2, 0.25) is 5.02 Å². The Morgan fingerprint density at radius 1 is 1.56 bits per heavy atom. The van der Waals surface area contributed by atoms with E-state index in [0.717, 1.165) is 0 Å². The standard InChI is InChI=1S/C9H10ClN3O2S/c1-15-9(14)13-8(16)12-7-3-2-5(10)4-6(7)11/h2-4H,11H2,1H3,(H2,12,13,14,16). The predicted molar refractivity (Wildman–Crippen MR) is 67.6 cm³/mol. The Morgan fingerprint density at radius 3 is 2.81 bits per heavy atom. The zero-order chi connectivity index (χ0) is 12.1. The summed E-state index contributed by atoms with van der Waals surface area (Å²) in [4.78, 5) is 10.8. The summed E-state index contributed by atoms with van der Waals surface area (Å²) in [6.07, 6.45) is -0.648. The number of anilines is 2. The smallest absolute Gasteiger partial charge is 0.413 e. The molecule has 0 saturated carbocycles. The summed E-state index contributed by atoms with van der Waals surface area (Å²) in [5.74, 6) is 0. The molecule has 0 radical (unpaired) electrons. The minimum Gasteiger partial charge on any atom is -0.453 e. The van der Waals surface area contributed by atoms with Crippen LogP contribution in [0, 0.1) is 0 Å². The van der Waals surface area contributed by atoms with E-state index in [4.69, 9.17) is 29.6 Å². The third-order valence-corrected chi connectivity index (χ3v) is 2.10. The number of carbonyl (C=O) groups excluding carboxylic acids is 1. The van der Waals surface area contributed by atoms with Crippen LogP contribution < -0.4 is 16.4 Å². The van der Waals surface area contributed by atoms with E-state index in [1.165, 1.54) is 7.11 Å². The van der Waals surface area contributed by atoms with Crippen molar-refractivity contribution in [2.75, 3.05) is 18.2 Å². The highest BCUT2D eigenvalue weighted by Crippen LogP contribution is 2.22. The molecule has 1 aromatic rings. The van der Waals surface area contributed by atoms with Gasteiger partial charge in [-0.15, -0.1) is 0 Å². The molecule has 0 unspecified atom stereocenters. The van der Waals surface area contributed by atoms with Crippen LogP contribution in [0.3, 0.4) is 0 Å². The van der Waals surface area contributed by atoms with E-state index in [1.807, 2.05) is 0 Å². The van der Waals surface area contributed by atoms with E-state index in [1.54, 1.807) is 18.2 Å². The molecule has 16 heavy (non-hydrogen) atoms. The third-order valence-electron chi connectivity index (χ3n) is 1.66. The molecule has 5 nitrogen and oxygen atoms in total. The Morgan fingerprint density at radius 2 is 2.25 bits per heavy atom. The highest BCUT2D eigenvalue weighted by atomic mass is 35.5. The number of thiocarbonyl (C=S) groups is 1. The van der Waals surface area contributed by atoms with E-state index in [2.05, 4.69) is 15.4 Å². The minimum atomic E-state index is -0.648. The van der Waals surface area contributed by atoms with E-state index >= 15 is 0 Å². The van der Waals surface area contributed by atoms with E-state index in [9.17, 15) is 4.79 Å². The van der Waals surface area contributed by atoms with E-state index in [0.29, 0.717) is 16.4 Å². The van der Waals surface area contributed by atoms with Gasteiger partial charge in [-0.1, -0.05) is 11.6 Å². The summed E-state index contributed by atoms with van der Waals surface area (Å²) in [5, 5.41) is 5.65. The van der Waals surface area contributed by atoms with E-state index < -0.39 is 6.09 Å². The van der Waals surface area contributed by atoms with Crippen molar-refractivity contribution >= 4 is 46.4 Å².